The van der Waals surface area contributed by atoms with Crippen molar-refractivity contribution < 1.29 is 32.9 Å². The number of nitrogens with zero attached hydrogens (tertiary/aromatic N) is 1. The molecule has 3 atom stereocenters. The lowest BCUT2D eigenvalue weighted by Gasteiger charge is -2.29. The molecule has 0 rings (SSSR count). The predicted octanol–water partition coefficient (Wildman–Crippen LogP) is 10.2. The number of hydrogen-bond acceptors (Lipinski definition) is 6. The maximum Gasteiger partial charge on any atom is 0.268 e. The molecule has 1 amide bonds. The summed E-state index contributed by atoms with van der Waals surface area (Å²) in [5, 5.41) is 13.7. The number of aliphatic hydroxyl groups excluding tert-OH is 1. The van der Waals surface area contributed by atoms with Crippen LogP contribution in [0.3, 0.4) is 0 Å². The first-order valence-electron chi connectivity index (χ1n) is 20.1. The van der Waals surface area contributed by atoms with Crippen LogP contribution in [0.25, 0.3) is 0 Å². The largest absolute Gasteiger partial charge is 0.756 e. The number of carbonyl (C=O) groups is 1. The van der Waals surface area contributed by atoms with E-state index in [-0.39, 0.29) is 18.9 Å². The van der Waals surface area contributed by atoms with E-state index in [0.717, 1.165) is 64.2 Å². The number of quaternary nitrogens is 1. The van der Waals surface area contributed by atoms with Crippen molar-refractivity contribution in [3.8, 4) is 0 Å². The van der Waals surface area contributed by atoms with E-state index in [1.165, 1.54) is 25.7 Å². The summed E-state index contributed by atoms with van der Waals surface area (Å²) >= 11 is 0. The Morgan fingerprint density at radius 2 is 1.17 bits per heavy atom. The quantitative estimate of drug-likeness (QED) is 0.0293. The Morgan fingerprint density at radius 1 is 0.679 bits per heavy atom. The fraction of sp³-hybridized carbons (Fsp3) is 0.614. The van der Waals surface area contributed by atoms with Crippen molar-refractivity contribution >= 4 is 13.7 Å². The molecule has 0 heterocycles. The van der Waals surface area contributed by atoms with Crippen molar-refractivity contribution in [1.29, 1.82) is 0 Å². The van der Waals surface area contributed by atoms with Crippen molar-refractivity contribution in [2.75, 3.05) is 40.9 Å². The molecule has 8 nitrogen and oxygen atoms in total. The molecule has 0 radical (unpaired) electrons. The lowest BCUT2D eigenvalue weighted by atomic mass is 10.1. The van der Waals surface area contributed by atoms with Crippen molar-refractivity contribution in [2.24, 2.45) is 0 Å². The third-order valence-electron chi connectivity index (χ3n) is 8.01. The summed E-state index contributed by atoms with van der Waals surface area (Å²) in [6, 6.07) is -0.943. The van der Waals surface area contributed by atoms with Crippen LogP contribution in [0.1, 0.15) is 123 Å². The van der Waals surface area contributed by atoms with Crippen LogP contribution in [0.4, 0.5) is 0 Å². The minimum atomic E-state index is -4.62. The number of carbonyl (C=O) groups excluding carboxylic acids is 1. The van der Waals surface area contributed by atoms with Gasteiger partial charge in [0.15, 0.2) is 0 Å². The van der Waals surface area contributed by atoms with E-state index in [0.29, 0.717) is 23.9 Å². The number of unbranched alkanes of at least 4 members (excludes halogenated alkanes) is 7. The molecule has 0 spiro atoms. The molecule has 53 heavy (non-hydrogen) atoms. The number of rotatable bonds is 34. The van der Waals surface area contributed by atoms with E-state index in [1.54, 1.807) is 6.08 Å². The monoisotopic (exact) mass is 759 g/mol. The topological polar surface area (TPSA) is 108 Å². The molecule has 0 saturated carbocycles. The fourth-order valence-electron chi connectivity index (χ4n) is 4.80. The smallest absolute Gasteiger partial charge is 0.268 e. The molecular weight excluding hydrogens is 683 g/mol. The number of phosphoric ester groups is 1. The van der Waals surface area contributed by atoms with Crippen LogP contribution in [0.15, 0.2) is 97.2 Å². The number of nitrogens with one attached hydrogen (secondary N) is 1. The standard InChI is InChI=1S/C44H75N2O6P/c1-6-8-10-12-14-16-18-20-22-23-24-26-28-30-32-34-36-38-44(48)45-42(41-52-53(49,50)51-40-39-46(3,4)5)43(47)37-35-33-31-29-27-25-21-19-17-15-13-11-9-7-2/h8,10,14,16-17,19-20,22,24,26-27,29-30,32,35,37,42-43,47H,6-7,9,11-13,15,18,21,23,25,28,31,33-34,36,38-41H2,1-5H3,(H-,45,48,49,50)/b10-8-,16-14-,19-17+,22-20-,26-24-,29-27+,32-30-,37-35+. The van der Waals surface area contributed by atoms with E-state index in [9.17, 15) is 19.4 Å². The minimum Gasteiger partial charge on any atom is -0.756 e. The maximum atomic E-state index is 12.8. The number of allylic oxidation sites excluding steroid dienone is 15. The number of hydrogen-bond donors (Lipinski definition) is 2. The lowest BCUT2D eigenvalue weighted by Crippen LogP contribution is -2.45. The Hall–Kier alpha value is -2.58. The molecule has 0 bridgehead atoms. The summed E-state index contributed by atoms with van der Waals surface area (Å²) in [4.78, 5) is 25.2. The van der Waals surface area contributed by atoms with Crippen LogP contribution in [-0.2, 0) is 18.4 Å². The Morgan fingerprint density at radius 3 is 1.72 bits per heavy atom. The molecule has 2 N–H and O–H groups in total. The Bertz CT molecular complexity index is 1180. The van der Waals surface area contributed by atoms with E-state index >= 15 is 0 Å². The summed E-state index contributed by atoms with van der Waals surface area (Å²) in [5.41, 5.74) is 0. The Kier molecular flexibility index (Phi) is 33.4. The van der Waals surface area contributed by atoms with Gasteiger partial charge in [-0.2, -0.15) is 0 Å². The average molecular weight is 759 g/mol. The van der Waals surface area contributed by atoms with E-state index in [4.69, 9.17) is 9.05 Å². The molecule has 0 aliphatic heterocycles. The van der Waals surface area contributed by atoms with Gasteiger partial charge < -0.3 is 28.8 Å². The number of likely N-dealkylation sites (N-methyl/N-ethyl adjacent to an activating group) is 1. The van der Waals surface area contributed by atoms with E-state index in [2.05, 4.69) is 104 Å². The first-order valence-corrected chi connectivity index (χ1v) is 21.6. The molecule has 0 aromatic rings. The van der Waals surface area contributed by atoms with Crippen LogP contribution in [0, 0.1) is 0 Å². The molecule has 0 fully saturated rings. The van der Waals surface area contributed by atoms with Crippen LogP contribution >= 0.6 is 7.82 Å². The number of aliphatic hydroxyl groups is 1. The summed E-state index contributed by atoms with van der Waals surface area (Å²) in [7, 11) is 1.18. The first kappa shape index (κ1) is 50.4. The van der Waals surface area contributed by atoms with Gasteiger partial charge in [-0.3, -0.25) is 9.36 Å². The average Bonchev–Trinajstić information content (AvgIpc) is 3.10. The zero-order chi connectivity index (χ0) is 39.3. The minimum absolute atomic E-state index is 0.0254. The van der Waals surface area contributed by atoms with Gasteiger partial charge in [0.2, 0.25) is 5.91 Å². The van der Waals surface area contributed by atoms with Crippen molar-refractivity contribution in [2.45, 2.75) is 135 Å². The SMILES string of the molecule is CC/C=C\C/C=C\C/C=C\C/C=C\C/C=C\CCCC(=O)NC(COP(=O)([O-])OCC[N+](C)(C)C)C(O)/C=C/CC/C=C/CC/C=C/CCCCCC. The molecule has 0 aliphatic carbocycles. The molecule has 302 valence electrons. The molecule has 0 aromatic heterocycles. The van der Waals surface area contributed by atoms with Crippen LogP contribution < -0.4 is 10.2 Å². The van der Waals surface area contributed by atoms with Crippen LogP contribution in [-0.4, -0.2) is 68.5 Å². The molecule has 3 unspecified atom stereocenters. The van der Waals surface area contributed by atoms with Gasteiger partial charge >= 0.3 is 0 Å². The molecule has 0 saturated heterocycles. The van der Waals surface area contributed by atoms with Gasteiger partial charge in [-0.15, -0.1) is 0 Å². The fourth-order valence-corrected chi connectivity index (χ4v) is 5.53. The second-order valence-electron chi connectivity index (χ2n) is 14.2. The zero-order valence-corrected chi connectivity index (χ0v) is 34.8. The second-order valence-corrected chi connectivity index (χ2v) is 15.6. The summed E-state index contributed by atoms with van der Waals surface area (Å²) in [6.07, 6.45) is 48.9. The van der Waals surface area contributed by atoms with Gasteiger partial charge in [0.1, 0.15) is 13.2 Å². The Balaban J connectivity index is 4.71. The van der Waals surface area contributed by atoms with Gasteiger partial charge in [-0.1, -0.05) is 130 Å². The van der Waals surface area contributed by atoms with Crippen molar-refractivity contribution in [1.82, 2.24) is 5.32 Å². The van der Waals surface area contributed by atoms with Gasteiger partial charge in [0.05, 0.1) is 39.9 Å². The van der Waals surface area contributed by atoms with Gasteiger partial charge in [0.25, 0.3) is 7.82 Å². The highest BCUT2D eigenvalue weighted by Crippen LogP contribution is 2.38. The second kappa shape index (κ2) is 35.1. The highest BCUT2D eigenvalue weighted by molar-refractivity contribution is 7.45. The summed E-state index contributed by atoms with van der Waals surface area (Å²) < 4.78 is 23.1. The number of amides is 1. The first-order chi connectivity index (χ1) is 25.5. The highest BCUT2D eigenvalue weighted by Gasteiger charge is 2.23. The van der Waals surface area contributed by atoms with Crippen LogP contribution in [0.5, 0.6) is 0 Å². The van der Waals surface area contributed by atoms with Crippen molar-refractivity contribution in [3.63, 3.8) is 0 Å². The molecule has 0 aliphatic rings. The van der Waals surface area contributed by atoms with E-state index < -0.39 is 26.6 Å². The van der Waals surface area contributed by atoms with Crippen molar-refractivity contribution in [3.05, 3.63) is 97.2 Å². The molecule has 0 aromatic carbocycles. The maximum absolute atomic E-state index is 12.8. The van der Waals surface area contributed by atoms with Gasteiger partial charge in [0, 0.05) is 6.42 Å². The predicted molar refractivity (Wildman–Crippen MR) is 223 cm³/mol. The van der Waals surface area contributed by atoms with Crippen LogP contribution in [0.2, 0.25) is 0 Å². The lowest BCUT2D eigenvalue weighted by molar-refractivity contribution is -0.870. The summed E-state index contributed by atoms with van der Waals surface area (Å²) in [5.74, 6) is -0.275. The van der Waals surface area contributed by atoms with Gasteiger partial charge in [-0.05, 0) is 83.5 Å². The third kappa shape index (κ3) is 37.5. The Labute approximate surface area is 324 Å². The number of phosphoric acid groups is 1. The normalized spacial score (nSPS) is 15.5. The zero-order valence-electron chi connectivity index (χ0n) is 33.9. The van der Waals surface area contributed by atoms with Gasteiger partial charge in [-0.25, -0.2) is 0 Å². The third-order valence-corrected chi connectivity index (χ3v) is 8.97. The highest BCUT2D eigenvalue weighted by atomic mass is 31.2. The molecular formula is C44H75N2O6P. The van der Waals surface area contributed by atoms with E-state index in [1.807, 2.05) is 27.2 Å². The molecule has 9 heteroatoms. The summed E-state index contributed by atoms with van der Waals surface area (Å²) in [6.45, 7) is 4.39.